The maximum Gasteiger partial charge on any atom is 0.317 e. The molecular weight excluding hydrogens is 242 g/mol. The van der Waals surface area contributed by atoms with Gasteiger partial charge in [-0.3, -0.25) is 14.6 Å². The van der Waals surface area contributed by atoms with E-state index in [0.717, 1.165) is 44.3 Å². The van der Waals surface area contributed by atoms with E-state index in [9.17, 15) is 4.79 Å². The van der Waals surface area contributed by atoms with Crippen LogP contribution in [0.3, 0.4) is 0 Å². The van der Waals surface area contributed by atoms with Gasteiger partial charge in [0, 0.05) is 44.3 Å². The van der Waals surface area contributed by atoms with E-state index in [0.29, 0.717) is 0 Å². The van der Waals surface area contributed by atoms with Gasteiger partial charge in [0.05, 0.1) is 6.54 Å². The van der Waals surface area contributed by atoms with Crippen molar-refractivity contribution in [3.05, 3.63) is 0 Å². The van der Waals surface area contributed by atoms with E-state index in [-0.39, 0.29) is 6.54 Å². The summed E-state index contributed by atoms with van der Waals surface area (Å²) in [5.74, 6) is -0.703. The van der Waals surface area contributed by atoms with Crippen molar-refractivity contribution in [3.8, 4) is 0 Å². The first-order chi connectivity index (χ1) is 9.13. The Morgan fingerprint density at radius 3 is 2.16 bits per heavy atom. The normalized spacial score (nSPS) is 37.6. The number of carboxylic acids is 1. The molecular formula is C14H25N3O2. The zero-order chi connectivity index (χ0) is 13.4. The molecule has 0 radical (unpaired) electrons. The number of aliphatic carboxylic acids is 1. The molecule has 2 bridgehead atoms. The second-order valence-electron chi connectivity index (χ2n) is 6.38. The Bertz CT molecular complexity index is 328. The van der Waals surface area contributed by atoms with Crippen molar-refractivity contribution in [2.24, 2.45) is 0 Å². The van der Waals surface area contributed by atoms with Crippen LogP contribution in [0.1, 0.15) is 25.7 Å². The molecule has 3 aliphatic heterocycles. The van der Waals surface area contributed by atoms with Crippen molar-refractivity contribution >= 4 is 5.97 Å². The Balaban J connectivity index is 1.51. The number of nitrogens with zero attached hydrogens (tertiary/aromatic N) is 3. The third kappa shape index (κ3) is 2.78. The van der Waals surface area contributed by atoms with Gasteiger partial charge in [0.1, 0.15) is 0 Å². The molecule has 5 heteroatoms. The summed E-state index contributed by atoms with van der Waals surface area (Å²) in [7, 11) is 2.28. The van der Waals surface area contributed by atoms with Gasteiger partial charge >= 0.3 is 5.97 Å². The van der Waals surface area contributed by atoms with Crippen LogP contribution >= 0.6 is 0 Å². The first-order valence-corrected chi connectivity index (χ1v) is 7.53. The largest absolute Gasteiger partial charge is 0.480 e. The van der Waals surface area contributed by atoms with Crippen molar-refractivity contribution in [3.63, 3.8) is 0 Å². The molecule has 0 aromatic heterocycles. The highest BCUT2D eigenvalue weighted by molar-refractivity contribution is 5.69. The van der Waals surface area contributed by atoms with Gasteiger partial charge in [0.25, 0.3) is 0 Å². The Kier molecular flexibility index (Phi) is 3.78. The average molecular weight is 267 g/mol. The lowest BCUT2D eigenvalue weighted by Gasteiger charge is -2.44. The van der Waals surface area contributed by atoms with Gasteiger partial charge in [0.2, 0.25) is 0 Å². The summed E-state index contributed by atoms with van der Waals surface area (Å²) >= 11 is 0. The van der Waals surface area contributed by atoms with Crippen LogP contribution in [0.5, 0.6) is 0 Å². The van der Waals surface area contributed by atoms with Gasteiger partial charge in [0.15, 0.2) is 0 Å². The highest BCUT2D eigenvalue weighted by Gasteiger charge is 2.40. The molecule has 2 unspecified atom stereocenters. The van der Waals surface area contributed by atoms with Crippen LogP contribution in [0.15, 0.2) is 0 Å². The minimum Gasteiger partial charge on any atom is -0.480 e. The molecule has 0 spiro atoms. The van der Waals surface area contributed by atoms with Gasteiger partial charge in [-0.1, -0.05) is 0 Å². The molecule has 3 saturated heterocycles. The monoisotopic (exact) mass is 267 g/mol. The van der Waals surface area contributed by atoms with Crippen LogP contribution in [-0.4, -0.2) is 83.7 Å². The number of rotatable bonds is 3. The van der Waals surface area contributed by atoms with Gasteiger partial charge in [-0.05, 0) is 32.7 Å². The molecule has 1 N–H and O–H groups in total. The minimum atomic E-state index is -0.703. The van der Waals surface area contributed by atoms with Crippen LogP contribution < -0.4 is 0 Å². The lowest BCUT2D eigenvalue weighted by molar-refractivity contribution is -0.138. The summed E-state index contributed by atoms with van der Waals surface area (Å²) in [5, 5.41) is 8.83. The number of piperazine rings is 1. The van der Waals surface area contributed by atoms with Crippen molar-refractivity contribution in [1.29, 1.82) is 0 Å². The average Bonchev–Trinajstić information content (AvgIpc) is 2.62. The Hall–Kier alpha value is -0.650. The summed E-state index contributed by atoms with van der Waals surface area (Å²) in [5.41, 5.74) is 0. The maximum absolute atomic E-state index is 10.7. The number of fused-ring (bicyclic) bond motifs is 2. The molecule has 3 aliphatic rings. The molecule has 3 fully saturated rings. The molecule has 0 amide bonds. The van der Waals surface area contributed by atoms with Crippen molar-refractivity contribution < 1.29 is 9.90 Å². The molecule has 0 aromatic carbocycles. The Labute approximate surface area is 115 Å². The fourth-order valence-electron chi connectivity index (χ4n) is 4.16. The number of piperidine rings is 1. The third-order valence-electron chi connectivity index (χ3n) is 5.36. The third-order valence-corrected chi connectivity index (χ3v) is 5.36. The van der Waals surface area contributed by atoms with Gasteiger partial charge in [-0.25, -0.2) is 0 Å². The fraction of sp³-hybridized carbons (Fsp3) is 0.929. The van der Waals surface area contributed by atoms with Gasteiger partial charge in [-0.2, -0.15) is 0 Å². The molecule has 3 rings (SSSR count). The number of hydrogen-bond donors (Lipinski definition) is 1. The summed E-state index contributed by atoms with van der Waals surface area (Å²) in [6.45, 7) is 4.11. The smallest absolute Gasteiger partial charge is 0.317 e. The summed E-state index contributed by atoms with van der Waals surface area (Å²) in [6, 6.07) is 2.32. The quantitative estimate of drug-likeness (QED) is 0.797. The molecule has 0 saturated carbocycles. The fourth-order valence-corrected chi connectivity index (χ4v) is 4.16. The number of carboxylic acid groups (broad SMARTS) is 1. The van der Waals surface area contributed by atoms with Crippen molar-refractivity contribution in [2.45, 2.75) is 43.8 Å². The molecule has 2 atom stereocenters. The highest BCUT2D eigenvalue weighted by Crippen LogP contribution is 2.36. The SMILES string of the molecule is CN1C2CCC1CC(N1CCN(CC(=O)O)CC1)C2. The summed E-state index contributed by atoms with van der Waals surface area (Å²) < 4.78 is 0. The molecule has 0 aliphatic carbocycles. The second kappa shape index (κ2) is 5.38. The Morgan fingerprint density at radius 2 is 1.63 bits per heavy atom. The van der Waals surface area contributed by atoms with Crippen LogP contribution in [0.2, 0.25) is 0 Å². The predicted molar refractivity (Wildman–Crippen MR) is 73.2 cm³/mol. The van der Waals surface area contributed by atoms with E-state index in [2.05, 4.69) is 21.7 Å². The van der Waals surface area contributed by atoms with E-state index >= 15 is 0 Å². The molecule has 19 heavy (non-hydrogen) atoms. The molecule has 3 heterocycles. The Morgan fingerprint density at radius 1 is 1.05 bits per heavy atom. The van der Waals surface area contributed by atoms with Gasteiger partial charge in [-0.15, -0.1) is 0 Å². The van der Waals surface area contributed by atoms with E-state index in [1.165, 1.54) is 25.7 Å². The zero-order valence-electron chi connectivity index (χ0n) is 11.8. The second-order valence-corrected chi connectivity index (χ2v) is 6.38. The number of carbonyl (C=O) groups is 1. The van der Waals surface area contributed by atoms with Crippen LogP contribution in [0.4, 0.5) is 0 Å². The first-order valence-electron chi connectivity index (χ1n) is 7.53. The van der Waals surface area contributed by atoms with Crippen molar-refractivity contribution in [2.75, 3.05) is 39.8 Å². The van der Waals surface area contributed by atoms with Crippen molar-refractivity contribution in [1.82, 2.24) is 14.7 Å². The lowest BCUT2D eigenvalue weighted by Crippen LogP contribution is -2.55. The molecule has 0 aromatic rings. The summed E-state index contributed by atoms with van der Waals surface area (Å²) in [4.78, 5) is 18.0. The minimum absolute atomic E-state index is 0.201. The maximum atomic E-state index is 10.7. The van der Waals surface area contributed by atoms with E-state index in [4.69, 9.17) is 5.11 Å². The number of hydrogen-bond acceptors (Lipinski definition) is 4. The van der Waals surface area contributed by atoms with Gasteiger partial charge < -0.3 is 10.0 Å². The van der Waals surface area contributed by atoms with E-state index in [1.54, 1.807) is 0 Å². The van der Waals surface area contributed by atoms with Crippen LogP contribution in [0.25, 0.3) is 0 Å². The van der Waals surface area contributed by atoms with E-state index < -0.39 is 5.97 Å². The topological polar surface area (TPSA) is 47.0 Å². The zero-order valence-corrected chi connectivity index (χ0v) is 11.8. The van der Waals surface area contributed by atoms with Crippen LogP contribution in [0, 0.1) is 0 Å². The van der Waals surface area contributed by atoms with Crippen LogP contribution in [-0.2, 0) is 4.79 Å². The first kappa shape index (κ1) is 13.3. The standard InChI is InChI=1S/C14H25N3O2/c1-15-11-2-3-12(15)9-13(8-11)17-6-4-16(5-7-17)10-14(18)19/h11-13H,2-10H2,1H3,(H,18,19). The highest BCUT2D eigenvalue weighted by atomic mass is 16.4. The molecule has 108 valence electrons. The lowest BCUT2D eigenvalue weighted by atomic mass is 9.96. The summed E-state index contributed by atoms with van der Waals surface area (Å²) in [6.07, 6.45) is 5.37. The predicted octanol–water partition coefficient (Wildman–Crippen LogP) is 0.314. The molecule has 5 nitrogen and oxygen atoms in total. The van der Waals surface area contributed by atoms with E-state index in [1.807, 2.05) is 0 Å².